The van der Waals surface area contributed by atoms with Crippen LogP contribution in [0.4, 0.5) is 14.5 Å². The van der Waals surface area contributed by atoms with Gasteiger partial charge < -0.3 is 15.2 Å². The van der Waals surface area contributed by atoms with Crippen LogP contribution in [0, 0.1) is 11.6 Å². The molecule has 2 aromatic carbocycles. The zero-order valence-corrected chi connectivity index (χ0v) is 12.6. The summed E-state index contributed by atoms with van der Waals surface area (Å²) in [6.07, 6.45) is -0.832. The topological polar surface area (TPSA) is 41.5 Å². The van der Waals surface area contributed by atoms with Crippen molar-refractivity contribution in [3.63, 3.8) is 0 Å². The summed E-state index contributed by atoms with van der Waals surface area (Å²) in [7, 11) is 0. The monoisotopic (exact) mass is 357 g/mol. The van der Waals surface area contributed by atoms with Crippen LogP contribution in [-0.2, 0) is 0 Å². The molecule has 3 nitrogen and oxygen atoms in total. The van der Waals surface area contributed by atoms with E-state index in [9.17, 15) is 13.9 Å². The van der Waals surface area contributed by atoms with Crippen molar-refractivity contribution >= 4 is 21.6 Å². The number of aliphatic hydroxyl groups excluding tert-OH is 1. The molecule has 0 amide bonds. The maximum absolute atomic E-state index is 13.6. The van der Waals surface area contributed by atoms with E-state index in [-0.39, 0.29) is 23.3 Å². The highest BCUT2D eigenvalue weighted by Gasteiger charge is 2.12. The minimum Gasteiger partial charge on any atom is -0.491 e. The predicted octanol–water partition coefficient (Wildman–Crippen LogP) is 3.58. The average molecular weight is 358 g/mol. The van der Waals surface area contributed by atoms with Gasteiger partial charge >= 0.3 is 0 Å². The molecule has 0 spiro atoms. The molecule has 0 aromatic heterocycles. The molecule has 0 saturated heterocycles. The third kappa shape index (κ3) is 4.68. The summed E-state index contributed by atoms with van der Waals surface area (Å²) in [5, 5.41) is 12.5. The number of rotatable bonds is 6. The van der Waals surface area contributed by atoms with Crippen molar-refractivity contribution in [2.75, 3.05) is 18.5 Å². The van der Waals surface area contributed by atoms with Crippen LogP contribution in [0.25, 0.3) is 0 Å². The van der Waals surface area contributed by atoms with E-state index < -0.39 is 17.7 Å². The number of hydrogen-bond donors (Lipinski definition) is 2. The van der Waals surface area contributed by atoms with Crippen LogP contribution in [0.5, 0.6) is 5.75 Å². The molecule has 2 rings (SSSR count). The molecule has 0 saturated carbocycles. The first-order chi connectivity index (χ1) is 10.1. The van der Waals surface area contributed by atoms with Crippen LogP contribution in [0.2, 0.25) is 0 Å². The van der Waals surface area contributed by atoms with Crippen molar-refractivity contribution in [1.29, 1.82) is 0 Å². The molecule has 0 aliphatic carbocycles. The van der Waals surface area contributed by atoms with E-state index in [1.165, 1.54) is 0 Å². The fourth-order valence-corrected chi connectivity index (χ4v) is 2.25. The molecular weight excluding hydrogens is 344 g/mol. The molecule has 0 aliphatic heterocycles. The van der Waals surface area contributed by atoms with Crippen molar-refractivity contribution in [3.8, 4) is 5.75 Å². The quantitative estimate of drug-likeness (QED) is 0.830. The van der Waals surface area contributed by atoms with E-state index in [1.807, 2.05) is 18.2 Å². The average Bonchev–Trinajstić information content (AvgIpc) is 2.45. The molecule has 2 N–H and O–H groups in total. The largest absolute Gasteiger partial charge is 0.491 e. The molecule has 1 unspecified atom stereocenters. The summed E-state index contributed by atoms with van der Waals surface area (Å²) >= 11 is 3.07. The van der Waals surface area contributed by atoms with Gasteiger partial charge in [-0.1, -0.05) is 18.2 Å². The fourth-order valence-electron chi connectivity index (χ4n) is 1.70. The van der Waals surface area contributed by atoms with Crippen LogP contribution in [0.15, 0.2) is 46.9 Å². The normalized spacial score (nSPS) is 12.0. The minimum absolute atomic E-state index is 0.0669. The van der Waals surface area contributed by atoms with Crippen molar-refractivity contribution in [1.82, 2.24) is 0 Å². The summed E-state index contributed by atoms with van der Waals surface area (Å²) in [6, 6.07) is 11.0. The zero-order valence-electron chi connectivity index (χ0n) is 11.0. The number of ether oxygens (including phenoxy) is 1. The summed E-state index contributed by atoms with van der Waals surface area (Å²) in [6.45, 7) is 0.144. The summed E-state index contributed by atoms with van der Waals surface area (Å²) in [5.41, 5.74) is 0.107. The predicted molar refractivity (Wildman–Crippen MR) is 80.5 cm³/mol. The van der Waals surface area contributed by atoms with E-state index >= 15 is 0 Å². The molecule has 6 heteroatoms. The Morgan fingerprint density at radius 2 is 1.90 bits per heavy atom. The molecular formula is C15H14BrF2NO2. The molecule has 0 heterocycles. The Morgan fingerprint density at radius 1 is 1.19 bits per heavy atom. The zero-order chi connectivity index (χ0) is 15.2. The molecule has 0 bridgehead atoms. The van der Waals surface area contributed by atoms with Gasteiger partial charge in [0, 0.05) is 17.1 Å². The number of para-hydroxylation sites is 1. The minimum atomic E-state index is -0.832. The highest BCUT2D eigenvalue weighted by molar-refractivity contribution is 9.10. The van der Waals surface area contributed by atoms with Gasteiger partial charge in [-0.05, 0) is 34.1 Å². The summed E-state index contributed by atoms with van der Waals surface area (Å²) in [5.74, 6) is -0.748. The Hall–Kier alpha value is -1.66. The molecule has 0 fully saturated rings. The smallest absolute Gasteiger partial charge is 0.150 e. The maximum Gasteiger partial charge on any atom is 0.150 e. The lowest BCUT2D eigenvalue weighted by Gasteiger charge is -2.15. The SMILES string of the molecule is OC(CNc1c(F)cc(F)cc1Br)COc1ccccc1. The van der Waals surface area contributed by atoms with E-state index in [0.717, 1.165) is 12.1 Å². The number of halogens is 3. The highest BCUT2D eigenvalue weighted by atomic mass is 79.9. The van der Waals surface area contributed by atoms with Gasteiger partial charge in [0.2, 0.25) is 0 Å². The maximum atomic E-state index is 13.6. The van der Waals surface area contributed by atoms with Gasteiger partial charge in [0.15, 0.2) is 0 Å². The van der Waals surface area contributed by atoms with E-state index in [1.54, 1.807) is 12.1 Å². The van der Waals surface area contributed by atoms with Gasteiger partial charge in [-0.2, -0.15) is 0 Å². The molecule has 21 heavy (non-hydrogen) atoms. The Kier molecular flexibility index (Phi) is 5.52. The third-order valence-electron chi connectivity index (χ3n) is 2.71. The van der Waals surface area contributed by atoms with E-state index in [4.69, 9.17) is 4.74 Å². The molecule has 1 atom stereocenters. The lowest BCUT2D eigenvalue weighted by Crippen LogP contribution is -2.26. The second kappa shape index (κ2) is 7.38. The number of benzene rings is 2. The first-order valence-electron chi connectivity index (χ1n) is 6.30. The van der Waals surface area contributed by atoms with Crippen LogP contribution >= 0.6 is 15.9 Å². The Labute approximate surface area is 129 Å². The standard InChI is InChI=1S/C15H14BrF2NO2/c16-13-6-10(17)7-14(18)15(13)19-8-11(20)9-21-12-4-2-1-3-5-12/h1-7,11,19-20H,8-9H2. The summed E-state index contributed by atoms with van der Waals surface area (Å²) in [4.78, 5) is 0. The lowest BCUT2D eigenvalue weighted by atomic mass is 10.2. The summed E-state index contributed by atoms with van der Waals surface area (Å²) < 4.78 is 32.2. The van der Waals surface area contributed by atoms with Crippen molar-refractivity contribution in [2.45, 2.75) is 6.10 Å². The van der Waals surface area contributed by atoms with Crippen molar-refractivity contribution in [3.05, 3.63) is 58.6 Å². The van der Waals surface area contributed by atoms with Crippen LogP contribution in [-0.4, -0.2) is 24.4 Å². The number of nitrogens with one attached hydrogen (secondary N) is 1. The third-order valence-corrected chi connectivity index (χ3v) is 3.33. The molecule has 0 aliphatic rings. The van der Waals surface area contributed by atoms with Crippen LogP contribution < -0.4 is 10.1 Å². The second-order valence-electron chi connectivity index (χ2n) is 4.40. The first kappa shape index (κ1) is 15.7. The van der Waals surface area contributed by atoms with Gasteiger partial charge in [0.25, 0.3) is 0 Å². The van der Waals surface area contributed by atoms with Crippen molar-refractivity contribution in [2.24, 2.45) is 0 Å². The van der Waals surface area contributed by atoms with Crippen molar-refractivity contribution < 1.29 is 18.6 Å². The van der Waals surface area contributed by atoms with E-state index in [0.29, 0.717) is 5.75 Å². The Morgan fingerprint density at radius 3 is 2.57 bits per heavy atom. The molecule has 2 aromatic rings. The Balaban J connectivity index is 1.85. The molecule has 112 valence electrons. The number of aliphatic hydroxyl groups is 1. The number of anilines is 1. The first-order valence-corrected chi connectivity index (χ1v) is 7.10. The van der Waals surface area contributed by atoms with Gasteiger partial charge in [-0.25, -0.2) is 8.78 Å². The fraction of sp³-hybridized carbons (Fsp3) is 0.200. The van der Waals surface area contributed by atoms with E-state index in [2.05, 4.69) is 21.2 Å². The lowest BCUT2D eigenvalue weighted by molar-refractivity contribution is 0.117. The second-order valence-corrected chi connectivity index (χ2v) is 5.26. The number of hydrogen-bond acceptors (Lipinski definition) is 3. The van der Waals surface area contributed by atoms with Gasteiger partial charge in [0.05, 0.1) is 5.69 Å². The van der Waals surface area contributed by atoms with Gasteiger partial charge in [-0.3, -0.25) is 0 Å². The van der Waals surface area contributed by atoms with Crippen LogP contribution in [0.3, 0.4) is 0 Å². The highest BCUT2D eigenvalue weighted by Crippen LogP contribution is 2.26. The van der Waals surface area contributed by atoms with Gasteiger partial charge in [-0.15, -0.1) is 0 Å². The molecule has 0 radical (unpaired) electrons. The Bertz CT molecular complexity index is 572. The van der Waals surface area contributed by atoms with Gasteiger partial charge in [0.1, 0.15) is 30.1 Å². The van der Waals surface area contributed by atoms with Crippen LogP contribution in [0.1, 0.15) is 0 Å².